The zero-order chi connectivity index (χ0) is 15.9. The number of benzene rings is 2. The fourth-order valence-corrected chi connectivity index (χ4v) is 3.24. The second-order valence-corrected chi connectivity index (χ2v) is 6.11. The van der Waals surface area contributed by atoms with Crippen LogP contribution in [0.2, 0.25) is 0 Å². The molecule has 1 N–H and O–H groups in total. The highest BCUT2D eigenvalue weighted by Gasteiger charge is 2.22. The Kier molecular flexibility index (Phi) is 5.42. The lowest BCUT2D eigenvalue weighted by molar-refractivity contribution is 0.238. The molecule has 0 bridgehead atoms. The first-order valence-electron chi connectivity index (χ1n) is 8.35. The van der Waals surface area contributed by atoms with Crippen molar-refractivity contribution in [2.24, 2.45) is 0 Å². The first-order valence-corrected chi connectivity index (χ1v) is 8.35. The van der Waals surface area contributed by atoms with Crippen LogP contribution in [0.5, 0.6) is 0 Å². The molecule has 0 saturated carbocycles. The van der Waals surface area contributed by atoms with Gasteiger partial charge in [-0.05, 0) is 49.2 Å². The summed E-state index contributed by atoms with van der Waals surface area (Å²) in [6.45, 7) is 4.17. The molecule has 2 aromatic carbocycles. The second-order valence-electron chi connectivity index (χ2n) is 6.11. The number of nitrogens with one attached hydrogen (secondary N) is 1. The van der Waals surface area contributed by atoms with Gasteiger partial charge in [-0.2, -0.15) is 5.26 Å². The molecular weight excluding hydrogens is 282 g/mol. The summed E-state index contributed by atoms with van der Waals surface area (Å²) in [5.41, 5.74) is 3.33. The van der Waals surface area contributed by atoms with Crippen molar-refractivity contribution in [1.29, 1.82) is 5.26 Å². The molecule has 1 fully saturated rings. The molecule has 0 aliphatic carbocycles. The van der Waals surface area contributed by atoms with Crippen molar-refractivity contribution < 1.29 is 0 Å². The third-order valence-electron chi connectivity index (χ3n) is 4.52. The Labute approximate surface area is 138 Å². The Morgan fingerprint density at radius 1 is 1.00 bits per heavy atom. The van der Waals surface area contributed by atoms with Gasteiger partial charge in [-0.3, -0.25) is 4.90 Å². The molecule has 3 nitrogen and oxygen atoms in total. The van der Waals surface area contributed by atoms with Crippen LogP contribution in [0.3, 0.4) is 0 Å². The number of likely N-dealkylation sites (tertiary alicyclic amines) is 1. The average molecular weight is 305 g/mol. The minimum atomic E-state index is 0.442. The first-order chi connectivity index (χ1) is 11.4. The van der Waals surface area contributed by atoms with Crippen molar-refractivity contribution in [2.45, 2.75) is 25.4 Å². The quantitative estimate of drug-likeness (QED) is 0.888. The van der Waals surface area contributed by atoms with E-state index in [1.165, 1.54) is 37.1 Å². The molecule has 3 heteroatoms. The van der Waals surface area contributed by atoms with E-state index in [0.29, 0.717) is 11.6 Å². The summed E-state index contributed by atoms with van der Waals surface area (Å²) in [6.07, 6.45) is 2.61. The molecule has 1 aliphatic heterocycles. The number of rotatable bonds is 6. The molecule has 0 amide bonds. The van der Waals surface area contributed by atoms with Crippen molar-refractivity contribution in [1.82, 2.24) is 10.2 Å². The van der Waals surface area contributed by atoms with Crippen molar-refractivity contribution >= 4 is 0 Å². The molecule has 2 aromatic rings. The van der Waals surface area contributed by atoms with Crippen LogP contribution in [0.15, 0.2) is 54.6 Å². The van der Waals surface area contributed by atoms with E-state index < -0.39 is 0 Å². The van der Waals surface area contributed by atoms with Gasteiger partial charge in [0.1, 0.15) is 0 Å². The third-order valence-corrected chi connectivity index (χ3v) is 4.52. The van der Waals surface area contributed by atoms with Crippen LogP contribution in [0.1, 0.15) is 35.6 Å². The standard InChI is InChI=1S/C20H23N3/c21-14-17-8-10-18(11-9-17)15-22-16-20(23-12-4-5-13-23)19-6-2-1-3-7-19/h1-3,6-11,20,22H,4-5,12-13,15-16H2. The van der Waals surface area contributed by atoms with Crippen LogP contribution in [0, 0.1) is 11.3 Å². The monoisotopic (exact) mass is 305 g/mol. The molecule has 118 valence electrons. The van der Waals surface area contributed by atoms with Crippen LogP contribution in [0.25, 0.3) is 0 Å². The molecule has 1 atom stereocenters. The molecule has 23 heavy (non-hydrogen) atoms. The Bertz CT molecular complexity index is 637. The van der Waals surface area contributed by atoms with Crippen molar-refractivity contribution in [3.8, 4) is 6.07 Å². The van der Waals surface area contributed by atoms with Gasteiger partial charge >= 0.3 is 0 Å². The lowest BCUT2D eigenvalue weighted by Gasteiger charge is -2.28. The first kappa shape index (κ1) is 15.7. The lowest BCUT2D eigenvalue weighted by Crippen LogP contribution is -2.34. The van der Waals surface area contributed by atoms with E-state index in [-0.39, 0.29) is 0 Å². The summed E-state index contributed by atoms with van der Waals surface area (Å²) in [6, 6.07) is 21.2. The van der Waals surface area contributed by atoms with Gasteiger partial charge in [-0.15, -0.1) is 0 Å². The summed E-state index contributed by atoms with van der Waals surface area (Å²) in [4.78, 5) is 2.58. The summed E-state index contributed by atoms with van der Waals surface area (Å²) < 4.78 is 0. The van der Waals surface area contributed by atoms with E-state index in [2.05, 4.69) is 46.6 Å². The zero-order valence-electron chi connectivity index (χ0n) is 13.4. The summed E-state index contributed by atoms with van der Waals surface area (Å²) in [5.74, 6) is 0. The largest absolute Gasteiger partial charge is 0.311 e. The molecule has 0 aromatic heterocycles. The Morgan fingerprint density at radius 2 is 1.70 bits per heavy atom. The maximum absolute atomic E-state index is 8.85. The van der Waals surface area contributed by atoms with Gasteiger partial charge in [0.15, 0.2) is 0 Å². The minimum absolute atomic E-state index is 0.442. The van der Waals surface area contributed by atoms with Gasteiger partial charge in [0.2, 0.25) is 0 Å². The summed E-state index contributed by atoms with van der Waals surface area (Å²) in [5, 5.41) is 12.4. The topological polar surface area (TPSA) is 39.1 Å². The van der Waals surface area contributed by atoms with Gasteiger partial charge in [-0.1, -0.05) is 42.5 Å². The van der Waals surface area contributed by atoms with Crippen molar-refractivity contribution in [3.05, 3.63) is 71.3 Å². The fourth-order valence-electron chi connectivity index (χ4n) is 3.24. The van der Waals surface area contributed by atoms with E-state index in [9.17, 15) is 0 Å². The van der Waals surface area contributed by atoms with E-state index in [0.717, 1.165) is 13.1 Å². The molecule has 1 saturated heterocycles. The highest BCUT2D eigenvalue weighted by molar-refractivity contribution is 5.31. The van der Waals surface area contributed by atoms with Crippen LogP contribution < -0.4 is 5.32 Å². The number of hydrogen-bond acceptors (Lipinski definition) is 3. The smallest absolute Gasteiger partial charge is 0.0991 e. The highest BCUT2D eigenvalue weighted by atomic mass is 15.2. The van der Waals surface area contributed by atoms with Gasteiger partial charge < -0.3 is 5.32 Å². The van der Waals surface area contributed by atoms with E-state index in [1.54, 1.807) is 0 Å². The minimum Gasteiger partial charge on any atom is -0.311 e. The van der Waals surface area contributed by atoms with E-state index in [1.807, 2.05) is 24.3 Å². The average Bonchev–Trinajstić information content (AvgIpc) is 3.14. The molecule has 1 unspecified atom stereocenters. The number of nitrogens with zero attached hydrogens (tertiary/aromatic N) is 2. The molecule has 1 heterocycles. The summed E-state index contributed by atoms with van der Waals surface area (Å²) in [7, 11) is 0. The van der Waals surface area contributed by atoms with Gasteiger partial charge in [-0.25, -0.2) is 0 Å². The third kappa shape index (κ3) is 4.19. The number of nitriles is 1. The van der Waals surface area contributed by atoms with Crippen LogP contribution in [-0.4, -0.2) is 24.5 Å². The van der Waals surface area contributed by atoms with Gasteiger partial charge in [0.25, 0.3) is 0 Å². The zero-order valence-corrected chi connectivity index (χ0v) is 13.4. The van der Waals surface area contributed by atoms with E-state index >= 15 is 0 Å². The molecule has 0 spiro atoms. The predicted octanol–water partition coefficient (Wildman–Crippen LogP) is 3.48. The molecule has 1 aliphatic rings. The maximum atomic E-state index is 8.85. The summed E-state index contributed by atoms with van der Waals surface area (Å²) >= 11 is 0. The fraction of sp³-hybridized carbons (Fsp3) is 0.350. The molecular formula is C20H23N3. The van der Waals surface area contributed by atoms with Gasteiger partial charge in [0, 0.05) is 19.1 Å². The van der Waals surface area contributed by atoms with Crippen molar-refractivity contribution in [3.63, 3.8) is 0 Å². The Morgan fingerprint density at radius 3 is 2.35 bits per heavy atom. The predicted molar refractivity (Wildman–Crippen MR) is 92.9 cm³/mol. The maximum Gasteiger partial charge on any atom is 0.0991 e. The molecule has 3 rings (SSSR count). The normalized spacial score (nSPS) is 16.1. The highest BCUT2D eigenvalue weighted by Crippen LogP contribution is 2.24. The van der Waals surface area contributed by atoms with Crippen molar-refractivity contribution in [2.75, 3.05) is 19.6 Å². The lowest BCUT2D eigenvalue weighted by atomic mass is 10.1. The van der Waals surface area contributed by atoms with Gasteiger partial charge in [0.05, 0.1) is 11.6 Å². The van der Waals surface area contributed by atoms with Crippen LogP contribution in [-0.2, 0) is 6.54 Å². The van der Waals surface area contributed by atoms with E-state index in [4.69, 9.17) is 5.26 Å². The Hall–Kier alpha value is -2.15. The Balaban J connectivity index is 1.61. The SMILES string of the molecule is N#Cc1ccc(CNCC(c2ccccc2)N2CCCC2)cc1. The number of hydrogen-bond donors (Lipinski definition) is 1. The molecule has 0 radical (unpaired) electrons. The second kappa shape index (κ2) is 7.92. The van der Waals surface area contributed by atoms with Crippen LogP contribution in [0.4, 0.5) is 0 Å². The van der Waals surface area contributed by atoms with Crippen LogP contribution >= 0.6 is 0 Å².